The number of aliphatic hydroxyl groups is 1. The molecule has 0 aromatic heterocycles. The fourth-order valence-corrected chi connectivity index (χ4v) is 2.65. The maximum absolute atomic E-state index is 10.1. The largest absolute Gasteiger partial charge is 0.508 e. The summed E-state index contributed by atoms with van der Waals surface area (Å²) >= 11 is 0. The highest BCUT2D eigenvalue weighted by atomic mass is 16.5. The Morgan fingerprint density at radius 3 is 2.80 bits per heavy atom. The zero-order chi connectivity index (χ0) is 14.7. The first kappa shape index (κ1) is 15.1. The number of phenolic OH excluding ortho intramolecular Hbond substituents is 1. The smallest absolute Gasteiger partial charge is 0.121 e. The zero-order valence-electron chi connectivity index (χ0n) is 12.5. The summed E-state index contributed by atoms with van der Waals surface area (Å²) in [4.78, 5) is 0. The summed E-state index contributed by atoms with van der Waals surface area (Å²) < 4.78 is 5.73. The number of hydrogen-bond donors (Lipinski definition) is 2. The van der Waals surface area contributed by atoms with E-state index in [1.165, 1.54) is 16.7 Å². The van der Waals surface area contributed by atoms with E-state index in [1.54, 1.807) is 13.0 Å². The van der Waals surface area contributed by atoms with Gasteiger partial charge in [0.1, 0.15) is 5.75 Å². The Morgan fingerprint density at radius 2 is 2.15 bits per heavy atom. The monoisotopic (exact) mass is 276 g/mol. The molecule has 0 spiro atoms. The maximum atomic E-state index is 10.1. The second-order valence-corrected chi connectivity index (χ2v) is 5.82. The van der Waals surface area contributed by atoms with E-state index in [1.807, 2.05) is 6.07 Å². The number of allylic oxidation sites excluding steroid dienone is 2. The van der Waals surface area contributed by atoms with Gasteiger partial charge in [-0.3, -0.25) is 0 Å². The van der Waals surface area contributed by atoms with Gasteiger partial charge in [-0.1, -0.05) is 17.7 Å². The number of benzene rings is 1. The molecular formula is C17H24O3. The fraction of sp³-hybridized carbons (Fsp3) is 0.529. The topological polar surface area (TPSA) is 49.7 Å². The molecule has 2 atom stereocenters. The number of hydrogen-bond acceptors (Lipinski definition) is 3. The number of phenols is 1. The number of aliphatic hydroxyl groups excluding tert-OH is 1. The van der Waals surface area contributed by atoms with E-state index in [4.69, 9.17) is 4.74 Å². The molecule has 0 bridgehead atoms. The molecule has 20 heavy (non-hydrogen) atoms. The molecule has 3 nitrogen and oxygen atoms in total. The van der Waals surface area contributed by atoms with Crippen LogP contribution in [0.3, 0.4) is 0 Å². The Labute approximate surface area is 120 Å². The highest BCUT2D eigenvalue weighted by molar-refractivity contribution is 5.45. The molecule has 1 heterocycles. The average molecular weight is 276 g/mol. The number of ether oxygens (including phenoxy) is 1. The van der Waals surface area contributed by atoms with Crippen molar-refractivity contribution in [1.82, 2.24) is 0 Å². The van der Waals surface area contributed by atoms with Gasteiger partial charge in [-0.2, -0.15) is 0 Å². The Kier molecular flexibility index (Phi) is 4.84. The zero-order valence-corrected chi connectivity index (χ0v) is 12.5. The summed E-state index contributed by atoms with van der Waals surface area (Å²) in [5.41, 5.74) is 4.60. The molecule has 0 saturated heterocycles. The molecule has 2 rings (SSSR count). The third-order valence-corrected chi connectivity index (χ3v) is 3.89. The van der Waals surface area contributed by atoms with Crippen molar-refractivity contribution in [3.05, 3.63) is 40.5 Å². The summed E-state index contributed by atoms with van der Waals surface area (Å²) in [7, 11) is 0. The molecule has 1 aliphatic heterocycles. The van der Waals surface area contributed by atoms with Crippen molar-refractivity contribution < 1.29 is 14.9 Å². The molecule has 2 N–H and O–H groups in total. The van der Waals surface area contributed by atoms with Crippen molar-refractivity contribution in [3.8, 4) is 5.75 Å². The Balaban J connectivity index is 2.30. The second-order valence-electron chi connectivity index (χ2n) is 5.82. The first-order chi connectivity index (χ1) is 9.49. The lowest BCUT2D eigenvalue weighted by molar-refractivity contribution is -0.0384. The molecule has 0 radical (unpaired) electrons. The molecule has 0 aliphatic carbocycles. The fourth-order valence-electron chi connectivity index (χ4n) is 2.65. The van der Waals surface area contributed by atoms with Gasteiger partial charge < -0.3 is 14.9 Å². The van der Waals surface area contributed by atoms with Crippen LogP contribution in [0.5, 0.6) is 5.75 Å². The minimum atomic E-state index is -0.479. The van der Waals surface area contributed by atoms with E-state index in [2.05, 4.69) is 19.9 Å². The molecule has 1 aromatic rings. The Bertz CT molecular complexity index is 499. The van der Waals surface area contributed by atoms with Gasteiger partial charge in [0.15, 0.2) is 0 Å². The standard InChI is InChI=1S/C17H24O3/c1-11(2)4-5-13-6-8-16(19)15-10-20-17(12(3)18)9-7-14(13)15/h4,6,8,12,17-19H,5,7,9-10H2,1-3H3. The van der Waals surface area contributed by atoms with Crippen LogP contribution in [0.1, 0.15) is 43.9 Å². The summed E-state index contributed by atoms with van der Waals surface area (Å²) in [6, 6.07) is 3.75. The molecule has 110 valence electrons. The van der Waals surface area contributed by atoms with Crippen molar-refractivity contribution >= 4 is 0 Å². The molecule has 3 heteroatoms. The molecule has 0 saturated carbocycles. The molecule has 1 aromatic carbocycles. The second kappa shape index (κ2) is 6.42. The summed E-state index contributed by atoms with van der Waals surface area (Å²) in [6.07, 6.45) is 4.07. The van der Waals surface area contributed by atoms with Crippen molar-refractivity contribution in [2.75, 3.05) is 0 Å². The van der Waals surface area contributed by atoms with Crippen LogP contribution in [0, 0.1) is 0 Å². The average Bonchev–Trinajstić information content (AvgIpc) is 2.61. The lowest BCUT2D eigenvalue weighted by Gasteiger charge is -2.17. The van der Waals surface area contributed by atoms with Gasteiger partial charge >= 0.3 is 0 Å². The van der Waals surface area contributed by atoms with Crippen molar-refractivity contribution in [2.24, 2.45) is 0 Å². The van der Waals surface area contributed by atoms with Gasteiger partial charge in [0.25, 0.3) is 0 Å². The van der Waals surface area contributed by atoms with Gasteiger partial charge in [0, 0.05) is 5.56 Å². The van der Waals surface area contributed by atoms with E-state index in [9.17, 15) is 10.2 Å². The van der Waals surface area contributed by atoms with Gasteiger partial charge in [-0.25, -0.2) is 0 Å². The predicted molar refractivity (Wildman–Crippen MR) is 79.8 cm³/mol. The summed E-state index contributed by atoms with van der Waals surface area (Å²) in [5.74, 6) is 0.298. The molecular weight excluding hydrogens is 252 g/mol. The normalized spacial score (nSPS) is 19.9. The summed E-state index contributed by atoms with van der Waals surface area (Å²) in [6.45, 7) is 6.31. The van der Waals surface area contributed by atoms with E-state index >= 15 is 0 Å². The van der Waals surface area contributed by atoms with Crippen LogP contribution >= 0.6 is 0 Å². The van der Waals surface area contributed by atoms with Crippen LogP contribution in [0.15, 0.2) is 23.8 Å². The van der Waals surface area contributed by atoms with E-state index < -0.39 is 6.10 Å². The van der Waals surface area contributed by atoms with E-state index in [-0.39, 0.29) is 6.10 Å². The number of fused-ring (bicyclic) bond motifs is 1. The van der Waals surface area contributed by atoms with Gasteiger partial charge in [-0.15, -0.1) is 0 Å². The molecule has 0 fully saturated rings. The lowest BCUT2D eigenvalue weighted by atomic mass is 9.93. The van der Waals surface area contributed by atoms with Gasteiger partial charge in [0.2, 0.25) is 0 Å². The van der Waals surface area contributed by atoms with Crippen LogP contribution in [-0.4, -0.2) is 22.4 Å². The molecule has 1 aliphatic rings. The SMILES string of the molecule is CC(C)=CCc1ccc(O)c2c1CCC(C(C)O)OC2. The molecule has 2 unspecified atom stereocenters. The van der Waals surface area contributed by atoms with E-state index in [0.29, 0.717) is 12.4 Å². The van der Waals surface area contributed by atoms with Crippen molar-refractivity contribution in [1.29, 1.82) is 0 Å². The Hall–Kier alpha value is -1.32. The number of rotatable bonds is 3. The van der Waals surface area contributed by atoms with Crippen LogP contribution in [0.2, 0.25) is 0 Å². The van der Waals surface area contributed by atoms with Gasteiger partial charge in [0.05, 0.1) is 18.8 Å². The van der Waals surface area contributed by atoms with Crippen molar-refractivity contribution in [3.63, 3.8) is 0 Å². The van der Waals surface area contributed by atoms with Gasteiger partial charge in [-0.05, 0) is 57.2 Å². The lowest BCUT2D eigenvalue weighted by Crippen LogP contribution is -2.25. The first-order valence-electron chi connectivity index (χ1n) is 7.24. The molecule has 0 amide bonds. The van der Waals surface area contributed by atoms with Crippen LogP contribution in [0.25, 0.3) is 0 Å². The summed E-state index contributed by atoms with van der Waals surface area (Å²) in [5, 5.41) is 19.7. The maximum Gasteiger partial charge on any atom is 0.121 e. The highest BCUT2D eigenvalue weighted by Gasteiger charge is 2.23. The minimum Gasteiger partial charge on any atom is -0.508 e. The number of aromatic hydroxyl groups is 1. The predicted octanol–water partition coefficient (Wildman–Crippen LogP) is 3.11. The third kappa shape index (κ3) is 3.41. The van der Waals surface area contributed by atoms with Crippen LogP contribution < -0.4 is 0 Å². The first-order valence-corrected chi connectivity index (χ1v) is 7.24. The highest BCUT2D eigenvalue weighted by Crippen LogP contribution is 2.31. The van der Waals surface area contributed by atoms with Crippen LogP contribution in [-0.2, 0) is 24.2 Å². The van der Waals surface area contributed by atoms with Crippen molar-refractivity contribution in [2.45, 2.75) is 58.8 Å². The van der Waals surface area contributed by atoms with Crippen LogP contribution in [0.4, 0.5) is 0 Å². The quantitative estimate of drug-likeness (QED) is 0.834. The Morgan fingerprint density at radius 1 is 1.40 bits per heavy atom. The third-order valence-electron chi connectivity index (χ3n) is 3.89. The van der Waals surface area contributed by atoms with E-state index in [0.717, 1.165) is 24.8 Å². The minimum absolute atomic E-state index is 0.155.